The predicted molar refractivity (Wildman–Crippen MR) is 74.5 cm³/mol. The minimum absolute atomic E-state index is 0.0101. The van der Waals surface area contributed by atoms with Gasteiger partial charge in [0, 0.05) is 35.6 Å². The molecule has 22 heavy (non-hydrogen) atoms. The van der Waals surface area contributed by atoms with E-state index in [1.165, 1.54) is 18.2 Å². The molecule has 1 aromatic carbocycles. The van der Waals surface area contributed by atoms with Crippen LogP contribution in [0.2, 0.25) is 0 Å². The van der Waals surface area contributed by atoms with Crippen molar-refractivity contribution in [2.24, 2.45) is 23.7 Å². The fourth-order valence-corrected chi connectivity index (χ4v) is 3.93. The molecule has 0 unspecified atom stereocenters. The average Bonchev–Trinajstić information content (AvgIpc) is 3.07. The van der Waals surface area contributed by atoms with Gasteiger partial charge >= 0.3 is 0 Å². The molecule has 3 rings (SSSR count). The molecule has 7 nitrogen and oxygen atoms in total. The van der Waals surface area contributed by atoms with Gasteiger partial charge in [0.1, 0.15) is 0 Å². The molecule has 0 saturated heterocycles. The van der Waals surface area contributed by atoms with Crippen molar-refractivity contribution in [2.75, 3.05) is 5.32 Å². The van der Waals surface area contributed by atoms with Gasteiger partial charge in [-0.2, -0.15) is 0 Å². The van der Waals surface area contributed by atoms with Crippen LogP contribution < -0.4 is 10.4 Å². The monoisotopic (exact) mass is 303 g/mol. The minimum atomic E-state index is -1.17. The summed E-state index contributed by atoms with van der Waals surface area (Å²) in [6.45, 7) is 0. The van der Waals surface area contributed by atoms with Crippen molar-refractivity contribution in [2.45, 2.75) is 19.3 Å². The number of carboxylic acids is 1. The number of nitrogens with zero attached hydrogens (tertiary/aromatic N) is 1. The highest BCUT2D eigenvalue weighted by Crippen LogP contribution is 2.52. The maximum absolute atomic E-state index is 12.4. The summed E-state index contributed by atoms with van der Waals surface area (Å²) in [5, 5.41) is 24.7. The molecule has 2 aliphatic carbocycles. The molecule has 1 amide bonds. The van der Waals surface area contributed by atoms with E-state index in [9.17, 15) is 24.8 Å². The van der Waals surface area contributed by atoms with Crippen LogP contribution in [0.25, 0.3) is 0 Å². The molecule has 1 aromatic rings. The maximum atomic E-state index is 12.4. The van der Waals surface area contributed by atoms with Crippen molar-refractivity contribution in [3.8, 4) is 0 Å². The Morgan fingerprint density at radius 3 is 2.50 bits per heavy atom. The van der Waals surface area contributed by atoms with Crippen LogP contribution in [0.15, 0.2) is 24.3 Å². The molecular formula is C15H15N2O5-. The topological polar surface area (TPSA) is 112 Å². The van der Waals surface area contributed by atoms with E-state index in [2.05, 4.69) is 5.32 Å². The van der Waals surface area contributed by atoms with Gasteiger partial charge in [0.2, 0.25) is 5.91 Å². The molecular weight excluding hydrogens is 288 g/mol. The zero-order valence-corrected chi connectivity index (χ0v) is 11.7. The van der Waals surface area contributed by atoms with Crippen molar-refractivity contribution >= 4 is 23.3 Å². The van der Waals surface area contributed by atoms with Crippen molar-refractivity contribution in [3.05, 3.63) is 34.4 Å². The number of rotatable bonds is 4. The summed E-state index contributed by atoms with van der Waals surface area (Å²) in [6.07, 6.45) is 2.41. The Labute approximate surface area is 126 Å². The van der Waals surface area contributed by atoms with E-state index in [1.807, 2.05) is 0 Å². The summed E-state index contributed by atoms with van der Waals surface area (Å²) in [5.74, 6) is -2.85. The van der Waals surface area contributed by atoms with E-state index < -0.39 is 22.7 Å². The Morgan fingerprint density at radius 2 is 1.86 bits per heavy atom. The number of carbonyl (C=O) groups is 2. The first-order valence-corrected chi connectivity index (χ1v) is 7.23. The first-order valence-electron chi connectivity index (χ1n) is 7.23. The number of anilines is 1. The highest BCUT2D eigenvalue weighted by molar-refractivity contribution is 5.96. The third kappa shape index (κ3) is 2.43. The summed E-state index contributed by atoms with van der Waals surface area (Å²) < 4.78 is 0. The number of carboxylic acid groups (broad SMARTS) is 1. The number of amides is 1. The van der Waals surface area contributed by atoms with Crippen LogP contribution in [0, 0.1) is 33.8 Å². The van der Waals surface area contributed by atoms with Crippen LogP contribution in [-0.2, 0) is 9.59 Å². The lowest BCUT2D eigenvalue weighted by molar-refractivity contribution is -0.384. The van der Waals surface area contributed by atoms with E-state index in [1.54, 1.807) is 6.07 Å². The number of nitro benzene ring substituents is 1. The standard InChI is InChI=1S/C15H16N2O5/c18-14(16-10-2-1-3-11(7-10)17(21)22)12-8-4-5-9(6-8)13(12)15(19)20/h1-3,7-9,12-13H,4-6H2,(H,16,18)(H,19,20)/p-1/t8-,9-,12+,13+/m0/s1. The lowest BCUT2D eigenvalue weighted by atomic mass is 9.78. The number of nitrogens with one attached hydrogen (secondary N) is 1. The van der Waals surface area contributed by atoms with Gasteiger partial charge < -0.3 is 15.2 Å². The summed E-state index contributed by atoms with van der Waals surface area (Å²) in [7, 11) is 0. The molecule has 116 valence electrons. The van der Waals surface area contributed by atoms with E-state index >= 15 is 0 Å². The highest BCUT2D eigenvalue weighted by atomic mass is 16.6. The maximum Gasteiger partial charge on any atom is 0.271 e. The molecule has 0 aromatic heterocycles. The number of benzene rings is 1. The zero-order valence-electron chi connectivity index (χ0n) is 11.7. The number of nitro groups is 1. The fraction of sp³-hybridized carbons (Fsp3) is 0.467. The fourth-order valence-electron chi connectivity index (χ4n) is 3.93. The van der Waals surface area contributed by atoms with E-state index in [-0.39, 0.29) is 23.4 Å². The molecule has 1 N–H and O–H groups in total. The average molecular weight is 303 g/mol. The molecule has 0 spiro atoms. The Hall–Kier alpha value is -2.44. The van der Waals surface area contributed by atoms with Crippen LogP contribution in [-0.4, -0.2) is 16.8 Å². The van der Waals surface area contributed by atoms with Gasteiger partial charge in [0.05, 0.1) is 4.92 Å². The molecule has 4 atom stereocenters. The third-order valence-electron chi connectivity index (χ3n) is 4.82. The van der Waals surface area contributed by atoms with Crippen molar-refractivity contribution in [3.63, 3.8) is 0 Å². The second-order valence-electron chi connectivity index (χ2n) is 6.00. The summed E-state index contributed by atoms with van der Waals surface area (Å²) in [4.78, 5) is 34.0. The molecule has 0 aliphatic heterocycles. The molecule has 2 aliphatic rings. The van der Waals surface area contributed by atoms with Gasteiger partial charge in [-0.3, -0.25) is 14.9 Å². The van der Waals surface area contributed by atoms with Crippen molar-refractivity contribution < 1.29 is 19.6 Å². The number of fused-ring (bicyclic) bond motifs is 2. The van der Waals surface area contributed by atoms with Crippen LogP contribution in [0.4, 0.5) is 11.4 Å². The molecule has 2 saturated carbocycles. The number of hydrogen-bond donors (Lipinski definition) is 1. The normalized spacial score (nSPS) is 29.3. The summed E-state index contributed by atoms with van der Waals surface area (Å²) in [5.41, 5.74) is 0.182. The van der Waals surface area contributed by atoms with Gasteiger partial charge in [-0.05, 0) is 37.2 Å². The van der Waals surface area contributed by atoms with E-state index in [0.717, 1.165) is 19.3 Å². The van der Waals surface area contributed by atoms with Gasteiger partial charge in [0.15, 0.2) is 0 Å². The van der Waals surface area contributed by atoms with Crippen molar-refractivity contribution in [1.82, 2.24) is 0 Å². The molecule has 0 heterocycles. The number of hydrogen-bond acceptors (Lipinski definition) is 5. The number of non-ortho nitro benzene ring substituents is 1. The van der Waals surface area contributed by atoms with Crippen LogP contribution in [0.1, 0.15) is 19.3 Å². The largest absolute Gasteiger partial charge is 0.550 e. The quantitative estimate of drug-likeness (QED) is 0.657. The van der Waals surface area contributed by atoms with Gasteiger partial charge in [-0.25, -0.2) is 0 Å². The molecule has 7 heteroatoms. The van der Waals surface area contributed by atoms with Crippen molar-refractivity contribution in [1.29, 1.82) is 0 Å². The van der Waals surface area contributed by atoms with Crippen LogP contribution >= 0.6 is 0 Å². The van der Waals surface area contributed by atoms with E-state index in [0.29, 0.717) is 5.69 Å². The van der Waals surface area contributed by atoms with Gasteiger partial charge in [-0.1, -0.05) is 6.07 Å². The number of aliphatic carboxylic acids is 1. The minimum Gasteiger partial charge on any atom is -0.550 e. The second-order valence-corrected chi connectivity index (χ2v) is 6.00. The van der Waals surface area contributed by atoms with Crippen LogP contribution in [0.5, 0.6) is 0 Å². The van der Waals surface area contributed by atoms with Crippen LogP contribution in [0.3, 0.4) is 0 Å². The Bertz CT molecular complexity index is 645. The SMILES string of the molecule is O=C([O-])[C@@H]1[C@H]2CC[C@@H](C2)[C@H]1C(=O)Nc1cccc([N+](=O)[O-])c1. The number of carbonyl (C=O) groups excluding carboxylic acids is 2. The van der Waals surface area contributed by atoms with Gasteiger partial charge in [0.25, 0.3) is 5.69 Å². The Balaban J connectivity index is 1.78. The Kier molecular flexibility index (Phi) is 3.56. The molecule has 2 bridgehead atoms. The lowest BCUT2D eigenvalue weighted by Crippen LogP contribution is -2.43. The smallest absolute Gasteiger partial charge is 0.271 e. The summed E-state index contributed by atoms with van der Waals surface area (Å²) in [6, 6.07) is 5.62. The predicted octanol–water partition coefficient (Wildman–Crippen LogP) is 0.945. The Morgan fingerprint density at radius 1 is 1.18 bits per heavy atom. The summed E-state index contributed by atoms with van der Waals surface area (Å²) >= 11 is 0. The lowest BCUT2D eigenvalue weighted by Gasteiger charge is -2.30. The molecule has 0 radical (unpaired) electrons. The van der Waals surface area contributed by atoms with E-state index in [4.69, 9.17) is 0 Å². The highest BCUT2D eigenvalue weighted by Gasteiger charge is 2.51. The first kappa shape index (κ1) is 14.5. The van der Waals surface area contributed by atoms with Gasteiger partial charge in [-0.15, -0.1) is 0 Å². The zero-order chi connectivity index (χ0) is 15.9. The molecule has 2 fully saturated rings. The third-order valence-corrected chi connectivity index (χ3v) is 4.82. The second kappa shape index (κ2) is 5.40. The first-order chi connectivity index (χ1) is 10.5.